The number of hydrogen-bond acceptors (Lipinski definition) is 3. The largest absolute Gasteiger partial charge is 0.491 e. The van der Waals surface area contributed by atoms with Crippen molar-refractivity contribution < 1.29 is 18.7 Å². The molecule has 1 heterocycles. The average molecular weight is 384 g/mol. The molecule has 0 N–H and O–H groups in total. The number of carbonyl (C=O) groups excluding carboxylic acids is 2. The van der Waals surface area contributed by atoms with Crippen LogP contribution in [0.5, 0.6) is 5.75 Å². The molecular weight excluding hydrogens is 359 g/mol. The van der Waals surface area contributed by atoms with Crippen LogP contribution in [0.1, 0.15) is 25.0 Å². The van der Waals surface area contributed by atoms with Gasteiger partial charge in [0.15, 0.2) is 0 Å². The number of carbonyl (C=O) groups is 2. The second kappa shape index (κ2) is 8.87. The maximum Gasteiger partial charge on any atom is 0.245 e. The fourth-order valence-electron chi connectivity index (χ4n) is 3.44. The molecule has 1 atom stereocenters. The van der Waals surface area contributed by atoms with Crippen LogP contribution >= 0.6 is 0 Å². The predicted octanol–water partition coefficient (Wildman–Crippen LogP) is 3.03. The smallest absolute Gasteiger partial charge is 0.245 e. The van der Waals surface area contributed by atoms with Crippen LogP contribution in [0.25, 0.3) is 0 Å². The molecule has 0 saturated carbocycles. The SMILES string of the molecule is CCc1ccccc1OCCN1C(=O)CN(Cc2cccc(F)c2)C(=O)[C@@H]1C. The van der Waals surface area contributed by atoms with E-state index in [0.29, 0.717) is 18.7 Å². The van der Waals surface area contributed by atoms with Crippen molar-refractivity contribution in [2.45, 2.75) is 32.9 Å². The molecule has 2 aromatic carbocycles. The van der Waals surface area contributed by atoms with Crippen molar-refractivity contribution in [2.75, 3.05) is 19.7 Å². The fraction of sp³-hybridized carbons (Fsp3) is 0.364. The number of piperazine rings is 1. The van der Waals surface area contributed by atoms with Gasteiger partial charge in [0.25, 0.3) is 0 Å². The summed E-state index contributed by atoms with van der Waals surface area (Å²) in [5, 5.41) is 0. The molecule has 0 radical (unpaired) electrons. The number of aryl methyl sites for hydroxylation is 1. The fourth-order valence-corrected chi connectivity index (χ4v) is 3.44. The molecule has 1 aliphatic rings. The van der Waals surface area contributed by atoms with Crippen molar-refractivity contribution in [3.63, 3.8) is 0 Å². The lowest BCUT2D eigenvalue weighted by molar-refractivity contribution is -0.155. The van der Waals surface area contributed by atoms with E-state index in [-0.39, 0.29) is 30.7 Å². The summed E-state index contributed by atoms with van der Waals surface area (Å²) in [4.78, 5) is 28.3. The first-order chi connectivity index (χ1) is 13.5. The minimum atomic E-state index is -0.570. The lowest BCUT2D eigenvalue weighted by atomic mass is 10.1. The normalized spacial score (nSPS) is 17.2. The first-order valence-electron chi connectivity index (χ1n) is 9.53. The summed E-state index contributed by atoms with van der Waals surface area (Å²) in [5.41, 5.74) is 1.78. The molecule has 1 aliphatic heterocycles. The van der Waals surface area contributed by atoms with Crippen LogP contribution in [0, 0.1) is 5.82 Å². The second-order valence-corrected chi connectivity index (χ2v) is 6.90. The lowest BCUT2D eigenvalue weighted by Gasteiger charge is -2.38. The van der Waals surface area contributed by atoms with Crippen molar-refractivity contribution in [3.8, 4) is 5.75 Å². The van der Waals surface area contributed by atoms with Gasteiger partial charge in [0.05, 0.1) is 6.54 Å². The van der Waals surface area contributed by atoms with Gasteiger partial charge in [0, 0.05) is 6.54 Å². The molecule has 148 valence electrons. The maximum atomic E-state index is 13.4. The standard InChI is InChI=1S/C22H25FN2O3/c1-3-18-8-4-5-10-20(18)28-12-11-25-16(2)22(27)24(15-21(25)26)14-17-7-6-9-19(23)13-17/h4-10,13,16H,3,11-12,14-15H2,1-2H3/t16-/m0/s1. The van der Waals surface area contributed by atoms with E-state index < -0.39 is 6.04 Å². The lowest BCUT2D eigenvalue weighted by Crippen LogP contribution is -2.59. The summed E-state index contributed by atoms with van der Waals surface area (Å²) in [5.74, 6) is 0.183. The van der Waals surface area contributed by atoms with Gasteiger partial charge in [-0.05, 0) is 42.7 Å². The van der Waals surface area contributed by atoms with Gasteiger partial charge in [0.2, 0.25) is 11.8 Å². The van der Waals surface area contributed by atoms with Crippen LogP contribution in [0.15, 0.2) is 48.5 Å². The monoisotopic (exact) mass is 384 g/mol. The minimum absolute atomic E-state index is 0.00870. The van der Waals surface area contributed by atoms with Crippen LogP contribution < -0.4 is 4.74 Å². The van der Waals surface area contributed by atoms with E-state index in [1.165, 1.54) is 17.0 Å². The zero-order valence-electron chi connectivity index (χ0n) is 16.2. The topological polar surface area (TPSA) is 49.9 Å². The zero-order valence-corrected chi connectivity index (χ0v) is 16.2. The van der Waals surface area contributed by atoms with Crippen LogP contribution in [-0.4, -0.2) is 47.4 Å². The third-order valence-electron chi connectivity index (χ3n) is 4.99. The Morgan fingerprint density at radius 1 is 1.14 bits per heavy atom. The Morgan fingerprint density at radius 3 is 2.68 bits per heavy atom. The molecule has 0 bridgehead atoms. The highest BCUT2D eigenvalue weighted by Gasteiger charge is 2.36. The summed E-state index contributed by atoms with van der Waals surface area (Å²) in [6, 6.07) is 13.3. The van der Waals surface area contributed by atoms with Crippen molar-refractivity contribution in [1.82, 2.24) is 9.80 Å². The first kappa shape index (κ1) is 19.9. The quantitative estimate of drug-likeness (QED) is 0.737. The molecule has 3 rings (SSSR count). The number of para-hydroxylation sites is 1. The Labute approximate surface area is 164 Å². The van der Waals surface area contributed by atoms with Crippen LogP contribution in [0.4, 0.5) is 4.39 Å². The number of halogens is 1. The van der Waals surface area contributed by atoms with Crippen LogP contribution in [0.2, 0.25) is 0 Å². The molecule has 0 unspecified atom stereocenters. The molecule has 28 heavy (non-hydrogen) atoms. The Morgan fingerprint density at radius 2 is 1.93 bits per heavy atom. The Bertz CT molecular complexity index is 855. The van der Waals surface area contributed by atoms with E-state index in [1.807, 2.05) is 24.3 Å². The van der Waals surface area contributed by atoms with E-state index in [0.717, 1.165) is 17.7 Å². The van der Waals surface area contributed by atoms with Gasteiger partial charge < -0.3 is 14.5 Å². The third kappa shape index (κ3) is 4.50. The van der Waals surface area contributed by atoms with Crippen molar-refractivity contribution >= 4 is 11.8 Å². The minimum Gasteiger partial charge on any atom is -0.491 e. The van der Waals surface area contributed by atoms with Gasteiger partial charge >= 0.3 is 0 Å². The van der Waals surface area contributed by atoms with Crippen molar-refractivity contribution in [2.24, 2.45) is 0 Å². The summed E-state index contributed by atoms with van der Waals surface area (Å²) in [7, 11) is 0. The maximum absolute atomic E-state index is 13.4. The number of amides is 2. The van der Waals surface area contributed by atoms with Gasteiger partial charge in [-0.15, -0.1) is 0 Å². The van der Waals surface area contributed by atoms with E-state index in [1.54, 1.807) is 24.0 Å². The molecule has 6 heteroatoms. The number of ether oxygens (including phenoxy) is 1. The van der Waals surface area contributed by atoms with E-state index in [4.69, 9.17) is 4.74 Å². The molecule has 5 nitrogen and oxygen atoms in total. The van der Waals surface area contributed by atoms with Crippen molar-refractivity contribution in [1.29, 1.82) is 0 Å². The third-order valence-corrected chi connectivity index (χ3v) is 4.99. The molecule has 1 fully saturated rings. The van der Waals surface area contributed by atoms with Crippen LogP contribution in [0.3, 0.4) is 0 Å². The number of hydrogen-bond donors (Lipinski definition) is 0. The zero-order chi connectivity index (χ0) is 20.1. The molecular formula is C22H25FN2O3. The highest BCUT2D eigenvalue weighted by Crippen LogP contribution is 2.19. The average Bonchev–Trinajstić information content (AvgIpc) is 2.69. The van der Waals surface area contributed by atoms with Crippen LogP contribution in [-0.2, 0) is 22.6 Å². The van der Waals surface area contributed by atoms with Gasteiger partial charge in [-0.2, -0.15) is 0 Å². The van der Waals surface area contributed by atoms with Gasteiger partial charge in [-0.1, -0.05) is 37.3 Å². The molecule has 2 aromatic rings. The molecule has 0 spiro atoms. The number of benzene rings is 2. The Balaban J connectivity index is 1.59. The van der Waals surface area contributed by atoms with E-state index >= 15 is 0 Å². The summed E-state index contributed by atoms with van der Waals surface area (Å²) < 4.78 is 19.2. The summed E-state index contributed by atoms with van der Waals surface area (Å²) in [6.45, 7) is 4.66. The summed E-state index contributed by atoms with van der Waals surface area (Å²) >= 11 is 0. The number of nitrogens with zero attached hydrogens (tertiary/aromatic N) is 2. The second-order valence-electron chi connectivity index (χ2n) is 6.90. The van der Waals surface area contributed by atoms with E-state index in [2.05, 4.69) is 6.92 Å². The van der Waals surface area contributed by atoms with E-state index in [9.17, 15) is 14.0 Å². The van der Waals surface area contributed by atoms with Gasteiger partial charge in [0.1, 0.15) is 30.8 Å². The Hall–Kier alpha value is -2.89. The van der Waals surface area contributed by atoms with Gasteiger partial charge in [-0.25, -0.2) is 4.39 Å². The molecule has 0 aliphatic carbocycles. The van der Waals surface area contributed by atoms with Crippen molar-refractivity contribution in [3.05, 3.63) is 65.5 Å². The number of rotatable bonds is 7. The van der Waals surface area contributed by atoms with Gasteiger partial charge in [-0.3, -0.25) is 9.59 Å². The highest BCUT2D eigenvalue weighted by atomic mass is 19.1. The highest BCUT2D eigenvalue weighted by molar-refractivity contribution is 5.94. The molecule has 0 aromatic heterocycles. The summed E-state index contributed by atoms with van der Waals surface area (Å²) in [6.07, 6.45) is 0.864. The molecule has 1 saturated heterocycles. The Kier molecular flexibility index (Phi) is 6.29. The first-order valence-corrected chi connectivity index (χ1v) is 9.53. The molecule has 2 amide bonds. The predicted molar refractivity (Wildman–Crippen MR) is 104 cm³/mol.